The van der Waals surface area contributed by atoms with Crippen LogP contribution in [0.25, 0.3) is 45.0 Å². The summed E-state index contributed by atoms with van der Waals surface area (Å²) in [6.07, 6.45) is 1.65. The average Bonchev–Trinajstić information content (AvgIpc) is 3.31. The van der Waals surface area contributed by atoms with Crippen molar-refractivity contribution in [3.8, 4) is 23.0 Å². The summed E-state index contributed by atoms with van der Waals surface area (Å²) in [6, 6.07) is 19.4. The predicted molar refractivity (Wildman–Crippen MR) is 86.9 cm³/mol. The molecule has 2 aromatic carbocycles. The number of rotatable bonds is 2. The molecule has 0 atom stereocenters. The van der Waals surface area contributed by atoms with E-state index in [1.807, 2.05) is 60.7 Å². The summed E-state index contributed by atoms with van der Waals surface area (Å²) < 4.78 is 17.1. The van der Waals surface area contributed by atoms with Crippen LogP contribution in [0.15, 0.2) is 80.2 Å². The molecule has 0 unspecified atom stereocenters. The Morgan fingerprint density at radius 1 is 0.739 bits per heavy atom. The van der Waals surface area contributed by atoms with Gasteiger partial charge in [-0.05, 0) is 42.5 Å². The number of aromatic nitrogens is 1. The van der Waals surface area contributed by atoms with Crippen LogP contribution in [-0.2, 0) is 0 Å². The van der Waals surface area contributed by atoms with Crippen molar-refractivity contribution >= 4 is 22.1 Å². The molecule has 0 aliphatic heterocycles. The first-order chi connectivity index (χ1) is 11.4. The van der Waals surface area contributed by atoms with E-state index >= 15 is 0 Å². The van der Waals surface area contributed by atoms with Crippen LogP contribution in [0, 0.1) is 0 Å². The minimum Gasteiger partial charge on any atom is -0.464 e. The van der Waals surface area contributed by atoms with Crippen molar-refractivity contribution in [2.45, 2.75) is 0 Å². The van der Waals surface area contributed by atoms with Crippen molar-refractivity contribution in [3.05, 3.63) is 66.9 Å². The molecule has 0 saturated carbocycles. The van der Waals surface area contributed by atoms with Crippen molar-refractivity contribution in [1.29, 1.82) is 0 Å². The maximum Gasteiger partial charge on any atom is 0.263 e. The average molecular weight is 301 g/mol. The second kappa shape index (κ2) is 4.61. The molecule has 4 nitrogen and oxygen atoms in total. The van der Waals surface area contributed by atoms with Gasteiger partial charge in [-0.15, -0.1) is 0 Å². The first-order valence-corrected chi connectivity index (χ1v) is 7.30. The van der Waals surface area contributed by atoms with Crippen molar-refractivity contribution < 1.29 is 13.3 Å². The van der Waals surface area contributed by atoms with E-state index < -0.39 is 0 Å². The lowest BCUT2D eigenvalue weighted by atomic mass is 10.1. The fourth-order valence-electron chi connectivity index (χ4n) is 2.71. The molecule has 0 spiro atoms. The van der Waals surface area contributed by atoms with Crippen LogP contribution in [0.1, 0.15) is 0 Å². The molecule has 0 fully saturated rings. The highest BCUT2D eigenvalue weighted by molar-refractivity contribution is 5.84. The summed E-state index contributed by atoms with van der Waals surface area (Å²) in [6.45, 7) is 0. The van der Waals surface area contributed by atoms with Crippen molar-refractivity contribution in [2.75, 3.05) is 0 Å². The number of oxazole rings is 1. The molecule has 5 rings (SSSR count). The highest BCUT2D eigenvalue weighted by Crippen LogP contribution is 2.31. The molecule has 0 radical (unpaired) electrons. The third-order valence-electron chi connectivity index (χ3n) is 3.83. The van der Waals surface area contributed by atoms with E-state index in [0.717, 1.165) is 27.8 Å². The van der Waals surface area contributed by atoms with Crippen LogP contribution in [0.5, 0.6) is 0 Å². The summed E-state index contributed by atoms with van der Waals surface area (Å²) in [5.74, 6) is 1.91. The Morgan fingerprint density at radius 2 is 1.70 bits per heavy atom. The number of para-hydroxylation sites is 1. The van der Waals surface area contributed by atoms with Gasteiger partial charge in [0, 0.05) is 10.9 Å². The Morgan fingerprint density at radius 3 is 2.57 bits per heavy atom. The van der Waals surface area contributed by atoms with Gasteiger partial charge in [0.1, 0.15) is 16.9 Å². The van der Waals surface area contributed by atoms with Gasteiger partial charge >= 0.3 is 0 Å². The Labute approximate surface area is 131 Å². The number of nitrogens with zero attached hydrogens (tertiary/aromatic N) is 1. The molecule has 3 heterocycles. The first-order valence-electron chi connectivity index (χ1n) is 7.30. The monoisotopic (exact) mass is 301 g/mol. The van der Waals surface area contributed by atoms with Crippen LogP contribution in [0.4, 0.5) is 0 Å². The molecule has 110 valence electrons. The molecule has 0 aliphatic rings. The van der Waals surface area contributed by atoms with E-state index in [1.165, 1.54) is 0 Å². The maximum atomic E-state index is 5.88. The zero-order valence-corrected chi connectivity index (χ0v) is 12.0. The van der Waals surface area contributed by atoms with Crippen LogP contribution in [0.2, 0.25) is 0 Å². The van der Waals surface area contributed by atoms with E-state index in [9.17, 15) is 0 Å². The molecule has 0 aliphatic carbocycles. The minimum absolute atomic E-state index is 0.479. The van der Waals surface area contributed by atoms with E-state index in [0.29, 0.717) is 17.2 Å². The summed E-state index contributed by atoms with van der Waals surface area (Å²) in [5.41, 5.74) is 3.26. The van der Waals surface area contributed by atoms with Gasteiger partial charge in [0.15, 0.2) is 11.3 Å². The van der Waals surface area contributed by atoms with Crippen LogP contribution in [0.3, 0.4) is 0 Å². The standard InChI is InChI=1S/C19H11NO3/c1-2-5-16-12(4-1)11-18(22-16)19-20-14-8-7-13(10-17(14)23-19)15-6-3-9-21-15/h1-11H. The van der Waals surface area contributed by atoms with Gasteiger partial charge in [0.2, 0.25) is 0 Å². The number of fused-ring (bicyclic) bond motifs is 2. The summed E-state index contributed by atoms with van der Waals surface area (Å²) in [7, 11) is 0. The fraction of sp³-hybridized carbons (Fsp3) is 0. The lowest BCUT2D eigenvalue weighted by Crippen LogP contribution is -1.73. The van der Waals surface area contributed by atoms with E-state index in [-0.39, 0.29) is 0 Å². The molecule has 0 amide bonds. The molecular weight excluding hydrogens is 290 g/mol. The Kier molecular flexibility index (Phi) is 2.46. The van der Waals surface area contributed by atoms with Crippen LogP contribution < -0.4 is 0 Å². The van der Waals surface area contributed by atoms with Gasteiger partial charge in [-0.3, -0.25) is 0 Å². The summed E-state index contributed by atoms with van der Waals surface area (Å²) in [4.78, 5) is 4.51. The zero-order valence-electron chi connectivity index (χ0n) is 12.0. The van der Waals surface area contributed by atoms with Crippen molar-refractivity contribution in [3.63, 3.8) is 0 Å². The third-order valence-corrected chi connectivity index (χ3v) is 3.83. The Balaban J connectivity index is 1.64. The first kappa shape index (κ1) is 12.3. The minimum atomic E-state index is 0.479. The topological polar surface area (TPSA) is 52.3 Å². The molecule has 23 heavy (non-hydrogen) atoms. The lowest BCUT2D eigenvalue weighted by Gasteiger charge is -1.94. The highest BCUT2D eigenvalue weighted by Gasteiger charge is 2.14. The quantitative estimate of drug-likeness (QED) is 0.432. The van der Waals surface area contributed by atoms with Crippen LogP contribution >= 0.6 is 0 Å². The summed E-state index contributed by atoms with van der Waals surface area (Å²) >= 11 is 0. The van der Waals surface area contributed by atoms with Gasteiger partial charge in [-0.25, -0.2) is 4.98 Å². The molecule has 5 aromatic rings. The molecule has 0 saturated heterocycles. The third kappa shape index (κ3) is 1.96. The van der Waals surface area contributed by atoms with Gasteiger partial charge in [-0.1, -0.05) is 18.2 Å². The highest BCUT2D eigenvalue weighted by atomic mass is 16.4. The second-order valence-electron chi connectivity index (χ2n) is 5.33. The molecule has 3 aromatic heterocycles. The van der Waals surface area contributed by atoms with Crippen LogP contribution in [-0.4, -0.2) is 4.98 Å². The molecule has 4 heteroatoms. The fourth-order valence-corrected chi connectivity index (χ4v) is 2.71. The van der Waals surface area contributed by atoms with Gasteiger partial charge in [0.25, 0.3) is 5.89 Å². The van der Waals surface area contributed by atoms with Gasteiger partial charge < -0.3 is 13.3 Å². The number of hydrogen-bond acceptors (Lipinski definition) is 4. The smallest absolute Gasteiger partial charge is 0.263 e. The second-order valence-corrected chi connectivity index (χ2v) is 5.33. The normalized spacial score (nSPS) is 11.5. The van der Waals surface area contributed by atoms with Crippen molar-refractivity contribution in [1.82, 2.24) is 4.98 Å². The number of benzene rings is 2. The van der Waals surface area contributed by atoms with Gasteiger partial charge in [0.05, 0.1) is 6.26 Å². The van der Waals surface area contributed by atoms with E-state index in [2.05, 4.69) is 4.98 Å². The van der Waals surface area contributed by atoms with Crippen molar-refractivity contribution in [2.24, 2.45) is 0 Å². The maximum absolute atomic E-state index is 5.88. The van der Waals surface area contributed by atoms with E-state index in [4.69, 9.17) is 13.3 Å². The molecule has 0 N–H and O–H groups in total. The number of furan rings is 2. The summed E-state index contributed by atoms with van der Waals surface area (Å²) in [5, 5.41) is 1.03. The predicted octanol–water partition coefficient (Wildman–Crippen LogP) is 5.50. The number of hydrogen-bond donors (Lipinski definition) is 0. The van der Waals surface area contributed by atoms with E-state index in [1.54, 1.807) is 6.26 Å². The van der Waals surface area contributed by atoms with Gasteiger partial charge in [-0.2, -0.15) is 0 Å². The zero-order chi connectivity index (χ0) is 15.2. The molecular formula is C19H11NO3. The molecule has 0 bridgehead atoms. The Bertz CT molecular complexity index is 1080. The largest absolute Gasteiger partial charge is 0.464 e. The SMILES string of the molecule is c1coc(-c2ccc3nc(-c4cc5ccccc5o4)oc3c2)c1. The lowest BCUT2D eigenvalue weighted by molar-refractivity contribution is 0.559. The Hall–Kier alpha value is -3.27.